The molecular weight excluding hydrogens is 208 g/mol. The van der Waals surface area contributed by atoms with Crippen LogP contribution in [0.3, 0.4) is 0 Å². The lowest BCUT2D eigenvalue weighted by atomic mass is 9.93. The summed E-state index contributed by atoms with van der Waals surface area (Å²) in [6.45, 7) is 5.36. The Labute approximate surface area is 106 Å². The largest absolute Gasteiger partial charge is 0.312 e. The molecule has 17 heavy (non-hydrogen) atoms. The summed E-state index contributed by atoms with van der Waals surface area (Å²) >= 11 is 0. The predicted molar refractivity (Wildman–Crippen MR) is 72.1 cm³/mol. The summed E-state index contributed by atoms with van der Waals surface area (Å²) in [5.74, 6) is 2.04. The molecule has 1 saturated carbocycles. The standard InChI is InChI=1S/C15H28N2/c1-2-4-9-17(10-5-3-1)12-15-14-8-6-7-13(14)11-16-15/h13-16H,1-12H2. The third-order valence-electron chi connectivity index (χ3n) is 5.28. The van der Waals surface area contributed by atoms with Gasteiger partial charge in [-0.25, -0.2) is 0 Å². The lowest BCUT2D eigenvalue weighted by molar-refractivity contribution is 0.208. The Morgan fingerprint density at radius 1 is 0.882 bits per heavy atom. The summed E-state index contributed by atoms with van der Waals surface area (Å²) < 4.78 is 0. The van der Waals surface area contributed by atoms with Crippen LogP contribution in [0.5, 0.6) is 0 Å². The van der Waals surface area contributed by atoms with Crippen molar-refractivity contribution in [3.8, 4) is 0 Å². The molecule has 1 N–H and O–H groups in total. The van der Waals surface area contributed by atoms with Gasteiger partial charge in [0.15, 0.2) is 0 Å². The molecule has 2 nitrogen and oxygen atoms in total. The molecule has 2 aliphatic heterocycles. The summed E-state index contributed by atoms with van der Waals surface area (Å²) in [7, 11) is 0. The number of nitrogens with zero attached hydrogens (tertiary/aromatic N) is 1. The first kappa shape index (κ1) is 12.0. The highest BCUT2D eigenvalue weighted by Crippen LogP contribution is 2.37. The van der Waals surface area contributed by atoms with Crippen molar-refractivity contribution in [2.45, 2.75) is 57.4 Å². The van der Waals surface area contributed by atoms with Crippen molar-refractivity contribution in [2.24, 2.45) is 11.8 Å². The smallest absolute Gasteiger partial charge is 0.0226 e. The number of hydrogen-bond acceptors (Lipinski definition) is 2. The van der Waals surface area contributed by atoms with Crippen LogP contribution in [0.15, 0.2) is 0 Å². The van der Waals surface area contributed by atoms with Crippen LogP contribution >= 0.6 is 0 Å². The van der Waals surface area contributed by atoms with Gasteiger partial charge in [-0.2, -0.15) is 0 Å². The van der Waals surface area contributed by atoms with Crippen LogP contribution < -0.4 is 5.32 Å². The van der Waals surface area contributed by atoms with Crippen molar-refractivity contribution in [3.05, 3.63) is 0 Å². The molecule has 3 fully saturated rings. The maximum Gasteiger partial charge on any atom is 0.0226 e. The Morgan fingerprint density at radius 3 is 2.47 bits per heavy atom. The van der Waals surface area contributed by atoms with Crippen LogP contribution in [0, 0.1) is 11.8 Å². The molecule has 98 valence electrons. The summed E-state index contributed by atoms with van der Waals surface area (Å²) in [6, 6.07) is 0.821. The summed E-state index contributed by atoms with van der Waals surface area (Å²) in [5.41, 5.74) is 0. The van der Waals surface area contributed by atoms with Gasteiger partial charge in [-0.3, -0.25) is 0 Å². The van der Waals surface area contributed by atoms with Crippen LogP contribution in [0.4, 0.5) is 0 Å². The molecule has 0 bridgehead atoms. The monoisotopic (exact) mass is 236 g/mol. The molecule has 0 aromatic heterocycles. The normalized spacial score (nSPS) is 39.9. The van der Waals surface area contributed by atoms with Crippen LogP contribution in [0.1, 0.15) is 51.4 Å². The van der Waals surface area contributed by atoms with E-state index < -0.39 is 0 Å². The molecule has 3 rings (SSSR count). The first-order valence-corrected chi connectivity index (χ1v) is 7.89. The minimum atomic E-state index is 0.821. The van der Waals surface area contributed by atoms with Gasteiger partial charge in [0.1, 0.15) is 0 Å². The summed E-state index contributed by atoms with van der Waals surface area (Å²) in [6.07, 6.45) is 11.7. The molecule has 3 aliphatic rings. The van der Waals surface area contributed by atoms with E-state index in [1.54, 1.807) is 0 Å². The van der Waals surface area contributed by atoms with Gasteiger partial charge in [0, 0.05) is 12.6 Å². The Hall–Kier alpha value is -0.0800. The molecule has 2 heteroatoms. The molecular formula is C15H28N2. The molecule has 2 heterocycles. The predicted octanol–water partition coefficient (Wildman–Crippen LogP) is 2.64. The van der Waals surface area contributed by atoms with Gasteiger partial charge < -0.3 is 10.2 Å². The molecule has 2 saturated heterocycles. The van der Waals surface area contributed by atoms with Crippen LogP contribution in [-0.4, -0.2) is 37.1 Å². The average Bonchev–Trinajstić information content (AvgIpc) is 2.85. The van der Waals surface area contributed by atoms with Crippen LogP contribution in [0.25, 0.3) is 0 Å². The van der Waals surface area contributed by atoms with E-state index in [4.69, 9.17) is 0 Å². The SMILES string of the molecule is C1CCCN(CC2NCC3CCCC32)CCC1. The van der Waals surface area contributed by atoms with E-state index in [0.29, 0.717) is 0 Å². The second-order valence-corrected chi connectivity index (χ2v) is 6.44. The highest BCUT2D eigenvalue weighted by molar-refractivity contribution is 4.95. The maximum atomic E-state index is 3.80. The van der Waals surface area contributed by atoms with Gasteiger partial charge >= 0.3 is 0 Å². The van der Waals surface area contributed by atoms with Crippen LogP contribution in [0.2, 0.25) is 0 Å². The lowest BCUT2D eigenvalue weighted by Gasteiger charge is -2.29. The molecule has 0 amide bonds. The fourth-order valence-electron chi connectivity index (χ4n) is 4.28. The van der Waals surface area contributed by atoms with E-state index in [2.05, 4.69) is 10.2 Å². The first-order valence-electron chi connectivity index (χ1n) is 7.89. The Morgan fingerprint density at radius 2 is 1.65 bits per heavy atom. The van der Waals surface area contributed by atoms with Gasteiger partial charge in [-0.05, 0) is 57.2 Å². The van der Waals surface area contributed by atoms with Gasteiger partial charge in [0.25, 0.3) is 0 Å². The molecule has 0 radical (unpaired) electrons. The van der Waals surface area contributed by atoms with Gasteiger partial charge in [-0.15, -0.1) is 0 Å². The molecule has 0 aromatic carbocycles. The second-order valence-electron chi connectivity index (χ2n) is 6.44. The zero-order valence-corrected chi connectivity index (χ0v) is 11.2. The number of rotatable bonds is 2. The molecule has 3 atom stereocenters. The number of hydrogen-bond donors (Lipinski definition) is 1. The Balaban J connectivity index is 1.51. The minimum Gasteiger partial charge on any atom is -0.312 e. The minimum absolute atomic E-state index is 0.821. The lowest BCUT2D eigenvalue weighted by Crippen LogP contribution is -2.41. The van der Waals surface area contributed by atoms with Crippen LogP contribution in [-0.2, 0) is 0 Å². The van der Waals surface area contributed by atoms with Crippen molar-refractivity contribution in [3.63, 3.8) is 0 Å². The average molecular weight is 236 g/mol. The quantitative estimate of drug-likeness (QED) is 0.793. The van der Waals surface area contributed by atoms with E-state index in [9.17, 15) is 0 Å². The summed E-state index contributed by atoms with van der Waals surface area (Å²) in [5, 5.41) is 3.80. The number of fused-ring (bicyclic) bond motifs is 1. The number of nitrogens with one attached hydrogen (secondary N) is 1. The second kappa shape index (κ2) is 5.71. The fourth-order valence-corrected chi connectivity index (χ4v) is 4.28. The van der Waals surface area contributed by atoms with Crippen molar-refractivity contribution in [1.82, 2.24) is 10.2 Å². The zero-order valence-electron chi connectivity index (χ0n) is 11.2. The van der Waals surface area contributed by atoms with E-state index in [0.717, 1.165) is 17.9 Å². The topological polar surface area (TPSA) is 15.3 Å². The van der Waals surface area contributed by atoms with E-state index >= 15 is 0 Å². The van der Waals surface area contributed by atoms with Crippen molar-refractivity contribution >= 4 is 0 Å². The number of likely N-dealkylation sites (tertiary alicyclic amines) is 1. The molecule has 3 unspecified atom stereocenters. The third-order valence-corrected chi connectivity index (χ3v) is 5.28. The van der Waals surface area contributed by atoms with Gasteiger partial charge in [-0.1, -0.05) is 25.7 Å². The van der Waals surface area contributed by atoms with Crippen molar-refractivity contribution in [2.75, 3.05) is 26.2 Å². The molecule has 0 aromatic rings. The van der Waals surface area contributed by atoms with Crippen molar-refractivity contribution in [1.29, 1.82) is 0 Å². The van der Waals surface area contributed by atoms with Crippen molar-refractivity contribution < 1.29 is 0 Å². The molecule has 0 spiro atoms. The maximum absolute atomic E-state index is 3.80. The first-order chi connectivity index (χ1) is 8.43. The van der Waals surface area contributed by atoms with E-state index in [1.165, 1.54) is 77.5 Å². The third kappa shape index (κ3) is 2.85. The molecule has 1 aliphatic carbocycles. The Kier molecular flexibility index (Phi) is 4.02. The zero-order chi connectivity index (χ0) is 11.5. The highest BCUT2D eigenvalue weighted by Gasteiger charge is 2.39. The van der Waals surface area contributed by atoms with E-state index in [1.807, 2.05) is 0 Å². The van der Waals surface area contributed by atoms with E-state index in [-0.39, 0.29) is 0 Å². The van der Waals surface area contributed by atoms with Gasteiger partial charge in [0.2, 0.25) is 0 Å². The summed E-state index contributed by atoms with van der Waals surface area (Å²) in [4.78, 5) is 2.75. The van der Waals surface area contributed by atoms with Gasteiger partial charge in [0.05, 0.1) is 0 Å². The Bertz CT molecular complexity index is 233. The fraction of sp³-hybridized carbons (Fsp3) is 1.00. The highest BCUT2D eigenvalue weighted by atomic mass is 15.2.